The molecule has 6 aromatic rings. The topological polar surface area (TPSA) is 192 Å². The molecule has 16 nitrogen and oxygen atoms in total. The summed E-state index contributed by atoms with van der Waals surface area (Å²) >= 11 is 0. The fourth-order valence-corrected chi connectivity index (χ4v) is 12.4. The molecule has 2 aromatic heterocycles. The Morgan fingerprint density at radius 3 is 1.54 bits per heavy atom. The van der Waals surface area contributed by atoms with Gasteiger partial charge < -0.3 is 50.0 Å². The minimum absolute atomic E-state index is 0.00690. The van der Waals surface area contributed by atoms with Crippen molar-refractivity contribution in [3.8, 4) is 22.5 Å². The molecule has 4 saturated heterocycles. The number of methoxy groups -OCH3 is 1. The van der Waals surface area contributed by atoms with Crippen LogP contribution in [0.5, 0.6) is 0 Å². The molecule has 6 atom stereocenters. The number of carbonyl (C=O) groups is 4. The number of amides is 4. The number of nitrogens with one attached hydrogen (secondary N) is 4. The number of hydrogen-bond acceptors (Lipinski definition) is 9. The third-order valence-corrected chi connectivity index (χ3v) is 16.5. The molecule has 4 aromatic carbocycles. The van der Waals surface area contributed by atoms with Crippen LogP contribution in [0.1, 0.15) is 137 Å². The van der Waals surface area contributed by atoms with Gasteiger partial charge in [0, 0.05) is 55.4 Å². The lowest BCUT2D eigenvalue weighted by Gasteiger charge is -2.36. The number of rotatable bonds is 15. The van der Waals surface area contributed by atoms with E-state index >= 15 is 8.78 Å². The normalized spacial score (nSPS) is 20.6. The van der Waals surface area contributed by atoms with Gasteiger partial charge in [0.15, 0.2) is 11.6 Å². The number of hydrogen-bond donors (Lipinski definition) is 5. The van der Waals surface area contributed by atoms with Gasteiger partial charge in [-0.1, -0.05) is 107 Å². The Bertz CT molecular complexity index is 3060. The van der Waals surface area contributed by atoms with E-state index in [2.05, 4.69) is 49.8 Å². The number of aromatic amines is 2. The Balaban J connectivity index is 0.904. The summed E-state index contributed by atoms with van der Waals surface area (Å²) in [4.78, 5) is 75.3. The first-order chi connectivity index (χ1) is 37.7. The Labute approximate surface area is 454 Å². The van der Waals surface area contributed by atoms with Crippen molar-refractivity contribution >= 4 is 35.4 Å². The Morgan fingerprint density at radius 2 is 1.09 bits per heavy atom. The van der Waals surface area contributed by atoms with Gasteiger partial charge >= 0.3 is 12.2 Å². The highest BCUT2D eigenvalue weighted by Gasteiger charge is 2.41. The molecular weight excluding hydrogens is 995 g/mol. The Hall–Kier alpha value is -7.76. The molecule has 4 fully saturated rings. The zero-order chi connectivity index (χ0) is 54.8. The number of piperidine rings is 1. The fraction of sp³-hybridized carbons (Fsp3) is 0.433. The molecule has 0 spiro atoms. The molecule has 0 bridgehead atoms. The first-order valence-electron chi connectivity index (χ1n) is 27.5. The first kappa shape index (κ1) is 53.6. The monoisotopic (exact) mass is 1060 g/mol. The molecule has 18 heteroatoms. The van der Waals surface area contributed by atoms with Crippen LogP contribution in [-0.2, 0) is 14.3 Å². The predicted octanol–water partition coefficient (Wildman–Crippen LogP) is 11.2. The van der Waals surface area contributed by atoms with Crippen molar-refractivity contribution in [2.75, 3.05) is 43.1 Å². The molecule has 4 aliphatic heterocycles. The molecular formula is C60H70F2N10O6. The summed E-state index contributed by atoms with van der Waals surface area (Å²) in [5, 5.41) is 14.6. The van der Waals surface area contributed by atoms with Crippen molar-refractivity contribution in [3.63, 3.8) is 0 Å². The zero-order valence-corrected chi connectivity index (χ0v) is 44.9. The van der Waals surface area contributed by atoms with Gasteiger partial charge in [0.1, 0.15) is 29.4 Å². The molecule has 4 amide bonds. The van der Waals surface area contributed by atoms with Crippen LogP contribution in [0.2, 0.25) is 0 Å². The third-order valence-electron chi connectivity index (χ3n) is 16.5. The number of anilines is 2. The van der Waals surface area contributed by atoms with Gasteiger partial charge in [-0.05, 0) is 97.9 Å². The van der Waals surface area contributed by atoms with E-state index in [1.807, 2.05) is 99.6 Å². The maximum Gasteiger partial charge on any atom is 0.407 e. The third kappa shape index (κ3) is 11.0. The van der Waals surface area contributed by atoms with E-state index < -0.39 is 35.9 Å². The highest BCUT2D eigenvalue weighted by molar-refractivity contribution is 5.87. The lowest BCUT2D eigenvalue weighted by atomic mass is 9.89. The van der Waals surface area contributed by atoms with Gasteiger partial charge in [-0.25, -0.2) is 28.3 Å². The summed E-state index contributed by atoms with van der Waals surface area (Å²) in [6.07, 6.45) is 7.75. The summed E-state index contributed by atoms with van der Waals surface area (Å²) in [7, 11) is 1.28. The maximum atomic E-state index is 16.7. The van der Waals surface area contributed by atoms with E-state index in [-0.39, 0.29) is 53.5 Å². The van der Waals surface area contributed by atoms with Crippen LogP contribution in [0.15, 0.2) is 103 Å². The molecule has 0 saturated carbocycles. The Morgan fingerprint density at radius 1 is 0.615 bits per heavy atom. The molecule has 6 heterocycles. The second kappa shape index (κ2) is 23.1. The van der Waals surface area contributed by atoms with Crippen molar-refractivity contribution in [1.82, 2.24) is 40.4 Å². The van der Waals surface area contributed by atoms with Crippen LogP contribution >= 0.6 is 0 Å². The van der Waals surface area contributed by atoms with Crippen molar-refractivity contribution in [1.29, 1.82) is 0 Å². The summed E-state index contributed by atoms with van der Waals surface area (Å²) < 4.78 is 38.2. The van der Waals surface area contributed by atoms with Gasteiger partial charge in [0.2, 0.25) is 11.8 Å². The maximum absolute atomic E-state index is 16.7. The largest absolute Gasteiger partial charge is 0.465 e. The van der Waals surface area contributed by atoms with Gasteiger partial charge in [0.25, 0.3) is 0 Å². The lowest BCUT2D eigenvalue weighted by Crippen LogP contribution is -2.51. The quantitative estimate of drug-likeness (QED) is 0.0661. The van der Waals surface area contributed by atoms with E-state index in [9.17, 15) is 24.3 Å². The number of carboxylic acid groups (broad SMARTS) is 1. The number of H-pyrrole nitrogens is 2. The number of imidazole rings is 2. The Kier molecular flexibility index (Phi) is 15.9. The number of aromatic nitrogens is 4. The van der Waals surface area contributed by atoms with Crippen LogP contribution in [-0.4, -0.2) is 104 Å². The van der Waals surface area contributed by atoms with Gasteiger partial charge in [-0.2, -0.15) is 0 Å². The van der Waals surface area contributed by atoms with Gasteiger partial charge in [-0.3, -0.25) is 9.59 Å². The summed E-state index contributed by atoms with van der Waals surface area (Å²) in [5.41, 5.74) is 6.78. The highest BCUT2D eigenvalue weighted by atomic mass is 19.1. The molecule has 5 N–H and O–H groups in total. The van der Waals surface area contributed by atoms with Crippen LogP contribution in [0.3, 0.4) is 0 Å². The number of alkyl carbamates (subject to hydrolysis) is 1. The molecule has 0 radical (unpaired) electrons. The SMILES string of the molecule is COC(=O)N[C@H](C(=O)N1CCC[C@H]1c1nc(-c2ccc([C@@H]3CC[C@H](c4ccc(-c5c[nH]c([C@@H]6CCCN6C(=O)[C@@H](NC(=O)O)C(C)C)n5)cc4)N3c3cc(F)c(N4CCC(c5ccccc5)CC4)c(F)c3)cc2)c[nH]1)C(C)C. The van der Waals surface area contributed by atoms with E-state index in [0.29, 0.717) is 80.1 Å². The van der Waals surface area contributed by atoms with Crippen LogP contribution in [0, 0.1) is 23.5 Å². The first-order valence-corrected chi connectivity index (χ1v) is 27.5. The lowest BCUT2D eigenvalue weighted by molar-refractivity contribution is -0.136. The van der Waals surface area contributed by atoms with Gasteiger partial charge in [-0.15, -0.1) is 0 Å². The number of likely N-dealkylation sites (tertiary alicyclic amines) is 2. The summed E-state index contributed by atoms with van der Waals surface area (Å²) in [5.74, 6) is -0.408. The van der Waals surface area contributed by atoms with Crippen molar-refractivity contribution in [2.45, 2.75) is 121 Å². The number of halogens is 2. The van der Waals surface area contributed by atoms with E-state index in [1.165, 1.54) is 24.8 Å². The average Bonchev–Trinajstić information content (AvgIpc) is 4.37. The van der Waals surface area contributed by atoms with Crippen LogP contribution in [0.4, 0.5) is 29.7 Å². The predicted molar refractivity (Wildman–Crippen MR) is 294 cm³/mol. The second-order valence-electron chi connectivity index (χ2n) is 21.9. The standard InChI is InChI=1S/C60H70F2N10O6/c1-35(2)52(67-59(75)76)57(73)70-27-9-13-50(70)55-63-33-46(65-55)39-15-19-41(20-16-39)48-23-24-49(72(48)43-31-44(61)54(45(62)32-43)69-29-25-38(26-30-69)37-11-7-6-8-12-37)42-21-17-40(18-22-42)47-34-64-56(66-47)51-14-10-28-71(51)58(74)53(36(3)4)68-60(77)78-5/h6-8,11-12,15-22,31-36,38,48-53,67H,9-10,13-14,23-30H2,1-5H3,(H,63,65)(H,64,66)(H,68,77)(H,75,76)/t48-,49+,50+,51+,52+,53+/m1/s1. The van der Waals surface area contributed by atoms with E-state index in [1.54, 1.807) is 9.80 Å². The molecule has 410 valence electrons. The minimum atomic E-state index is -1.24. The van der Waals surface area contributed by atoms with Crippen molar-refractivity contribution in [3.05, 3.63) is 143 Å². The highest BCUT2D eigenvalue weighted by Crippen LogP contribution is 2.49. The van der Waals surface area contributed by atoms with Crippen molar-refractivity contribution < 1.29 is 37.8 Å². The van der Waals surface area contributed by atoms with E-state index in [0.717, 1.165) is 54.4 Å². The minimum Gasteiger partial charge on any atom is -0.465 e. The number of nitrogens with zero attached hydrogens (tertiary/aromatic N) is 6. The molecule has 0 aliphatic carbocycles. The smallest absolute Gasteiger partial charge is 0.407 e. The van der Waals surface area contributed by atoms with E-state index in [4.69, 9.17) is 14.7 Å². The molecule has 0 unspecified atom stereocenters. The number of benzene rings is 4. The average molecular weight is 1070 g/mol. The zero-order valence-electron chi connectivity index (χ0n) is 44.9. The summed E-state index contributed by atoms with van der Waals surface area (Å²) in [6, 6.07) is 26.8. The van der Waals surface area contributed by atoms with Crippen LogP contribution in [0.25, 0.3) is 22.5 Å². The molecule has 78 heavy (non-hydrogen) atoms. The van der Waals surface area contributed by atoms with Crippen molar-refractivity contribution in [2.24, 2.45) is 11.8 Å². The van der Waals surface area contributed by atoms with Gasteiger partial charge in [0.05, 0.1) is 42.7 Å². The number of ether oxygens (including phenoxy) is 1. The molecule has 10 rings (SSSR count). The fourth-order valence-electron chi connectivity index (χ4n) is 12.4. The summed E-state index contributed by atoms with van der Waals surface area (Å²) in [6.45, 7) is 9.53. The molecule has 4 aliphatic rings. The second-order valence-corrected chi connectivity index (χ2v) is 21.9. The number of carbonyl (C=O) groups excluding carboxylic acids is 3. The van der Waals surface area contributed by atoms with Crippen LogP contribution < -0.4 is 20.4 Å².